The maximum atomic E-state index is 9.73. The number of amides is 2. The van der Waals surface area contributed by atoms with Crippen LogP contribution in [0.15, 0.2) is 0 Å². The first-order valence-electron chi connectivity index (χ1n) is 1.69. The molecule has 4 N–H and O–H groups in total. The topological polar surface area (TPSA) is 86.2 Å². The van der Waals surface area contributed by atoms with Crippen molar-refractivity contribution in [1.82, 2.24) is 0 Å². The quantitative estimate of drug-likeness (QED) is 0.537. The van der Waals surface area contributed by atoms with Crippen LogP contribution in [0.4, 0.5) is 0 Å². The average molecular weight is 175 g/mol. The molecule has 0 atom stereocenters. The second kappa shape index (κ2) is 7.52. The van der Waals surface area contributed by atoms with Crippen molar-refractivity contribution < 1.29 is 9.59 Å². The van der Waals surface area contributed by atoms with Gasteiger partial charge in [-0.2, -0.15) is 0 Å². The summed E-state index contributed by atoms with van der Waals surface area (Å²) in [6, 6.07) is 0. The van der Waals surface area contributed by atoms with Crippen LogP contribution in [0.5, 0.6) is 0 Å². The molecule has 9 heavy (non-hydrogen) atoms. The molecule has 4 nitrogen and oxygen atoms in total. The Morgan fingerprint density at radius 1 is 1.00 bits per heavy atom. The summed E-state index contributed by atoms with van der Waals surface area (Å²) in [6.07, 6.45) is -0.361. The minimum atomic E-state index is -0.687. The predicted molar refractivity (Wildman–Crippen MR) is 37.5 cm³/mol. The summed E-state index contributed by atoms with van der Waals surface area (Å²) in [6.45, 7) is 0. The maximum Gasteiger partial charge on any atom is 0.226 e. The number of nitrogens with two attached hydrogens (primary N) is 2. The zero-order valence-electron chi connectivity index (χ0n) is 4.49. The van der Waals surface area contributed by atoms with Gasteiger partial charge in [-0.25, -0.2) is 0 Å². The smallest absolute Gasteiger partial charge is 0.226 e. The van der Waals surface area contributed by atoms with E-state index in [1.165, 1.54) is 0 Å². The normalized spacial score (nSPS) is 6.22. The third-order valence-electron chi connectivity index (χ3n) is 0.348. The Bertz CT molecular complexity index is 94.0. The molecular formula is C3H8Cl2N2O2. The highest BCUT2D eigenvalue weighted by Gasteiger charge is 1.96. The van der Waals surface area contributed by atoms with Gasteiger partial charge in [0.05, 0.1) is 0 Å². The van der Waals surface area contributed by atoms with Gasteiger partial charge in [-0.3, -0.25) is 9.59 Å². The molecule has 0 aliphatic rings. The van der Waals surface area contributed by atoms with Gasteiger partial charge >= 0.3 is 0 Å². The lowest BCUT2D eigenvalue weighted by Crippen LogP contribution is -2.21. The van der Waals surface area contributed by atoms with Crippen LogP contribution in [0.25, 0.3) is 0 Å². The van der Waals surface area contributed by atoms with Gasteiger partial charge in [0.25, 0.3) is 0 Å². The van der Waals surface area contributed by atoms with Gasteiger partial charge in [0.1, 0.15) is 6.42 Å². The van der Waals surface area contributed by atoms with Crippen LogP contribution in [0.2, 0.25) is 0 Å². The summed E-state index contributed by atoms with van der Waals surface area (Å²) in [4.78, 5) is 19.5. The van der Waals surface area contributed by atoms with E-state index in [-0.39, 0.29) is 31.2 Å². The van der Waals surface area contributed by atoms with E-state index < -0.39 is 11.8 Å². The van der Waals surface area contributed by atoms with Gasteiger partial charge in [0.2, 0.25) is 11.8 Å². The zero-order chi connectivity index (χ0) is 5.86. The average Bonchev–Trinajstić information content (AvgIpc) is 1.27. The molecule has 0 aliphatic heterocycles. The molecule has 6 heteroatoms. The summed E-state index contributed by atoms with van der Waals surface area (Å²) >= 11 is 0. The monoisotopic (exact) mass is 174 g/mol. The highest BCUT2D eigenvalue weighted by molar-refractivity contribution is 5.95. The number of primary amides is 2. The molecule has 0 spiro atoms. The van der Waals surface area contributed by atoms with Crippen molar-refractivity contribution >= 4 is 36.6 Å². The van der Waals surface area contributed by atoms with Crippen molar-refractivity contribution in [2.75, 3.05) is 0 Å². The first-order chi connectivity index (χ1) is 3.13. The van der Waals surface area contributed by atoms with Gasteiger partial charge in [-0.15, -0.1) is 24.8 Å². The molecule has 0 saturated carbocycles. The maximum absolute atomic E-state index is 9.73. The number of carbonyl (C=O) groups excluding carboxylic acids is 2. The largest absolute Gasteiger partial charge is 0.369 e. The van der Waals surface area contributed by atoms with Crippen LogP contribution in [-0.4, -0.2) is 11.8 Å². The van der Waals surface area contributed by atoms with Gasteiger partial charge in [-0.05, 0) is 0 Å². The Morgan fingerprint density at radius 3 is 1.22 bits per heavy atom. The fourth-order valence-electron chi connectivity index (χ4n) is 0.172. The van der Waals surface area contributed by atoms with E-state index >= 15 is 0 Å². The fourth-order valence-corrected chi connectivity index (χ4v) is 0.172. The summed E-state index contributed by atoms with van der Waals surface area (Å²) in [7, 11) is 0. The van der Waals surface area contributed by atoms with E-state index in [1.54, 1.807) is 0 Å². The van der Waals surface area contributed by atoms with E-state index in [4.69, 9.17) is 0 Å². The van der Waals surface area contributed by atoms with Crippen molar-refractivity contribution in [1.29, 1.82) is 0 Å². The van der Waals surface area contributed by atoms with Gasteiger partial charge in [0.15, 0.2) is 0 Å². The molecule has 0 rings (SSSR count). The number of hydrogen-bond donors (Lipinski definition) is 2. The lowest BCUT2D eigenvalue weighted by molar-refractivity contribution is -0.125. The molecule has 0 radical (unpaired) electrons. The summed E-state index contributed by atoms with van der Waals surface area (Å²) in [5.74, 6) is -1.37. The number of carbonyl (C=O) groups is 2. The number of rotatable bonds is 2. The summed E-state index contributed by atoms with van der Waals surface area (Å²) in [5.41, 5.74) is 9.11. The Hall–Kier alpha value is -0.480. The SMILES string of the molecule is Cl.Cl.NC(=O)CC(N)=O. The van der Waals surface area contributed by atoms with Crippen molar-refractivity contribution in [3.63, 3.8) is 0 Å². The highest BCUT2D eigenvalue weighted by atomic mass is 35.5. The summed E-state index contributed by atoms with van der Waals surface area (Å²) in [5, 5.41) is 0. The predicted octanol–water partition coefficient (Wildman–Crippen LogP) is -0.809. The molecule has 0 aromatic rings. The molecule has 0 bridgehead atoms. The first-order valence-corrected chi connectivity index (χ1v) is 1.69. The van der Waals surface area contributed by atoms with E-state index in [9.17, 15) is 9.59 Å². The van der Waals surface area contributed by atoms with Gasteiger partial charge < -0.3 is 11.5 Å². The van der Waals surface area contributed by atoms with Crippen molar-refractivity contribution in [3.8, 4) is 0 Å². The Labute approximate surface area is 64.8 Å². The molecule has 2 amide bonds. The van der Waals surface area contributed by atoms with Crippen molar-refractivity contribution in [2.24, 2.45) is 11.5 Å². The third-order valence-corrected chi connectivity index (χ3v) is 0.348. The van der Waals surface area contributed by atoms with E-state index in [0.717, 1.165) is 0 Å². The second-order valence-corrected chi connectivity index (χ2v) is 1.11. The van der Waals surface area contributed by atoms with E-state index in [0.29, 0.717) is 0 Å². The molecule has 0 aromatic heterocycles. The zero-order valence-corrected chi connectivity index (χ0v) is 6.13. The highest BCUT2D eigenvalue weighted by Crippen LogP contribution is 1.68. The standard InChI is InChI=1S/C3H6N2O2.2ClH/c4-2(6)1-3(5)7;;/h1H2,(H2,4,6)(H2,5,7);2*1H. The Balaban J connectivity index is -0.000000180. The fraction of sp³-hybridized carbons (Fsp3) is 0.333. The molecule has 0 aliphatic carbocycles. The van der Waals surface area contributed by atoms with Crippen LogP contribution < -0.4 is 11.5 Å². The first kappa shape index (κ1) is 15.8. The van der Waals surface area contributed by atoms with Gasteiger partial charge in [-0.1, -0.05) is 0 Å². The van der Waals surface area contributed by atoms with Crippen molar-refractivity contribution in [3.05, 3.63) is 0 Å². The van der Waals surface area contributed by atoms with Crippen LogP contribution in [-0.2, 0) is 9.59 Å². The minimum Gasteiger partial charge on any atom is -0.369 e. The minimum absolute atomic E-state index is 0. The third kappa shape index (κ3) is 18.5. The molecule has 0 unspecified atom stereocenters. The number of halogens is 2. The second-order valence-electron chi connectivity index (χ2n) is 1.11. The number of hydrogen-bond acceptors (Lipinski definition) is 2. The van der Waals surface area contributed by atoms with Gasteiger partial charge in [0, 0.05) is 0 Å². The lowest BCUT2D eigenvalue weighted by Gasteiger charge is -1.82. The van der Waals surface area contributed by atoms with Crippen LogP contribution in [0, 0.1) is 0 Å². The molecule has 0 heterocycles. The molecular weight excluding hydrogens is 167 g/mol. The Morgan fingerprint density at radius 2 is 1.22 bits per heavy atom. The summed E-state index contributed by atoms with van der Waals surface area (Å²) < 4.78 is 0. The lowest BCUT2D eigenvalue weighted by atomic mass is 10.4. The van der Waals surface area contributed by atoms with Crippen LogP contribution in [0.3, 0.4) is 0 Å². The van der Waals surface area contributed by atoms with Crippen molar-refractivity contribution in [2.45, 2.75) is 6.42 Å². The molecule has 56 valence electrons. The van der Waals surface area contributed by atoms with Crippen LogP contribution >= 0.6 is 24.8 Å². The Kier molecular flexibility index (Phi) is 13.2. The molecule has 0 saturated heterocycles. The van der Waals surface area contributed by atoms with E-state index in [2.05, 4.69) is 11.5 Å². The molecule has 0 aromatic carbocycles. The van der Waals surface area contributed by atoms with Crippen LogP contribution in [0.1, 0.15) is 6.42 Å². The van der Waals surface area contributed by atoms with E-state index in [1.807, 2.05) is 0 Å². The molecule has 0 fully saturated rings.